The van der Waals surface area contributed by atoms with Gasteiger partial charge in [0.1, 0.15) is 13.2 Å². The highest BCUT2D eigenvalue weighted by Crippen LogP contribution is 2.09. The molecule has 1 saturated heterocycles. The fourth-order valence-electron chi connectivity index (χ4n) is 0.968. The molecule has 0 spiro atoms. The summed E-state index contributed by atoms with van der Waals surface area (Å²) in [7, 11) is 0. The Labute approximate surface area is 76.6 Å². The van der Waals surface area contributed by atoms with Gasteiger partial charge in [0.25, 0.3) is 0 Å². The van der Waals surface area contributed by atoms with Gasteiger partial charge in [-0.3, -0.25) is 4.79 Å². The Hall–Kier alpha value is -0.650. The van der Waals surface area contributed by atoms with E-state index in [9.17, 15) is 4.79 Å². The molecule has 0 aromatic heterocycles. The summed E-state index contributed by atoms with van der Waals surface area (Å²) in [6.07, 6.45) is -0.353. The number of rotatable bonds is 4. The normalized spacial score (nSPS) is 27.5. The molecule has 1 rings (SSSR count). The Balaban J connectivity index is 2.09. The zero-order valence-electron chi connectivity index (χ0n) is 7.56. The largest absolute Gasteiger partial charge is 0.460 e. The summed E-state index contributed by atoms with van der Waals surface area (Å²) in [6.45, 7) is 2.08. The molecule has 1 heterocycles. The standard InChI is InChI=1S/C8H14O5/c1-2-3-6(9)11-5-8-12-4-7(10)13-8/h7-8,10H,2-5H2,1H3. The highest BCUT2D eigenvalue weighted by atomic mass is 16.8. The molecule has 0 aliphatic carbocycles. The highest BCUT2D eigenvalue weighted by Gasteiger charge is 2.24. The quantitative estimate of drug-likeness (QED) is 0.633. The van der Waals surface area contributed by atoms with Gasteiger partial charge in [0.05, 0.1) is 0 Å². The van der Waals surface area contributed by atoms with E-state index in [-0.39, 0.29) is 19.2 Å². The average Bonchev–Trinajstić information content (AvgIpc) is 2.49. The van der Waals surface area contributed by atoms with E-state index in [0.29, 0.717) is 6.42 Å². The molecule has 0 radical (unpaired) electrons. The first kappa shape index (κ1) is 10.4. The van der Waals surface area contributed by atoms with E-state index < -0.39 is 12.6 Å². The van der Waals surface area contributed by atoms with Crippen molar-refractivity contribution in [3.63, 3.8) is 0 Å². The SMILES string of the molecule is CCCC(=O)OCC1OCC(O)O1. The number of hydrogen-bond donors (Lipinski definition) is 1. The first-order valence-corrected chi connectivity index (χ1v) is 4.33. The van der Waals surface area contributed by atoms with Crippen molar-refractivity contribution < 1.29 is 24.1 Å². The van der Waals surface area contributed by atoms with Crippen molar-refractivity contribution in [2.75, 3.05) is 13.2 Å². The lowest BCUT2D eigenvalue weighted by Gasteiger charge is -2.09. The van der Waals surface area contributed by atoms with Crippen molar-refractivity contribution in [1.82, 2.24) is 0 Å². The van der Waals surface area contributed by atoms with Crippen LogP contribution in [0.5, 0.6) is 0 Å². The van der Waals surface area contributed by atoms with E-state index in [2.05, 4.69) is 0 Å². The molecule has 1 fully saturated rings. The summed E-state index contributed by atoms with van der Waals surface area (Å²) < 4.78 is 14.6. The fourth-order valence-corrected chi connectivity index (χ4v) is 0.968. The summed E-state index contributed by atoms with van der Waals surface area (Å²) in [5, 5.41) is 8.88. The Morgan fingerprint density at radius 3 is 3.00 bits per heavy atom. The molecular weight excluding hydrogens is 176 g/mol. The molecule has 5 nitrogen and oxygen atoms in total. The third-order valence-corrected chi connectivity index (χ3v) is 1.57. The first-order chi connectivity index (χ1) is 6.22. The Bertz CT molecular complexity index is 170. The molecule has 76 valence electrons. The van der Waals surface area contributed by atoms with Crippen LogP contribution in [0, 0.1) is 0 Å². The highest BCUT2D eigenvalue weighted by molar-refractivity contribution is 5.69. The van der Waals surface area contributed by atoms with Gasteiger partial charge in [-0.25, -0.2) is 0 Å². The molecule has 1 N–H and O–H groups in total. The predicted octanol–water partition coefficient (Wildman–Crippen LogP) is 0.0210. The molecule has 0 bridgehead atoms. The Kier molecular flexibility index (Phi) is 4.14. The molecule has 2 atom stereocenters. The average molecular weight is 190 g/mol. The number of carbonyl (C=O) groups is 1. The molecule has 13 heavy (non-hydrogen) atoms. The zero-order chi connectivity index (χ0) is 9.68. The van der Waals surface area contributed by atoms with E-state index in [1.54, 1.807) is 0 Å². The van der Waals surface area contributed by atoms with Crippen LogP contribution >= 0.6 is 0 Å². The van der Waals surface area contributed by atoms with Crippen LogP contribution in [0.2, 0.25) is 0 Å². The lowest BCUT2D eigenvalue weighted by atomic mass is 10.3. The number of aliphatic hydroxyl groups is 1. The van der Waals surface area contributed by atoms with Gasteiger partial charge in [0.2, 0.25) is 0 Å². The van der Waals surface area contributed by atoms with Crippen molar-refractivity contribution >= 4 is 5.97 Å². The summed E-state index contributed by atoms with van der Waals surface area (Å²) in [4.78, 5) is 10.9. The zero-order valence-corrected chi connectivity index (χ0v) is 7.56. The van der Waals surface area contributed by atoms with E-state index in [1.807, 2.05) is 6.92 Å². The maximum Gasteiger partial charge on any atom is 0.305 e. The molecule has 0 saturated carbocycles. The summed E-state index contributed by atoms with van der Waals surface area (Å²) in [5.74, 6) is -0.268. The van der Waals surface area contributed by atoms with Gasteiger partial charge in [-0.05, 0) is 6.42 Å². The molecule has 0 aromatic rings. The van der Waals surface area contributed by atoms with Gasteiger partial charge >= 0.3 is 5.97 Å². The van der Waals surface area contributed by atoms with E-state index >= 15 is 0 Å². The van der Waals surface area contributed by atoms with Crippen LogP contribution in [0.25, 0.3) is 0 Å². The fraction of sp³-hybridized carbons (Fsp3) is 0.875. The van der Waals surface area contributed by atoms with Gasteiger partial charge in [0.15, 0.2) is 12.6 Å². The molecule has 0 aromatic carbocycles. The monoisotopic (exact) mass is 190 g/mol. The van der Waals surface area contributed by atoms with Crippen LogP contribution in [0.3, 0.4) is 0 Å². The van der Waals surface area contributed by atoms with Crippen molar-refractivity contribution in [2.24, 2.45) is 0 Å². The van der Waals surface area contributed by atoms with Crippen molar-refractivity contribution in [3.8, 4) is 0 Å². The predicted molar refractivity (Wildman–Crippen MR) is 42.7 cm³/mol. The molecule has 1 aliphatic rings. The minimum atomic E-state index is -0.894. The van der Waals surface area contributed by atoms with Crippen molar-refractivity contribution in [2.45, 2.75) is 32.3 Å². The number of carbonyl (C=O) groups excluding carboxylic acids is 1. The Morgan fingerprint density at radius 2 is 2.46 bits per heavy atom. The molecular formula is C8H14O5. The van der Waals surface area contributed by atoms with Crippen LogP contribution in [-0.2, 0) is 19.0 Å². The van der Waals surface area contributed by atoms with E-state index in [4.69, 9.17) is 19.3 Å². The second kappa shape index (κ2) is 5.16. The third-order valence-electron chi connectivity index (χ3n) is 1.57. The number of esters is 1. The number of aliphatic hydroxyl groups excluding tert-OH is 1. The van der Waals surface area contributed by atoms with Crippen LogP contribution in [0.1, 0.15) is 19.8 Å². The number of ether oxygens (including phenoxy) is 3. The summed E-state index contributed by atoms with van der Waals surface area (Å²) in [6, 6.07) is 0. The van der Waals surface area contributed by atoms with Crippen molar-refractivity contribution in [3.05, 3.63) is 0 Å². The van der Waals surface area contributed by atoms with Gasteiger partial charge in [-0.2, -0.15) is 0 Å². The van der Waals surface area contributed by atoms with Gasteiger partial charge in [-0.1, -0.05) is 6.92 Å². The third kappa shape index (κ3) is 3.71. The lowest BCUT2D eigenvalue weighted by molar-refractivity contribution is -0.166. The molecule has 2 unspecified atom stereocenters. The van der Waals surface area contributed by atoms with Crippen LogP contribution in [0.4, 0.5) is 0 Å². The minimum absolute atomic E-state index is 0.0515. The van der Waals surface area contributed by atoms with Gasteiger partial charge in [-0.15, -0.1) is 0 Å². The summed E-state index contributed by atoms with van der Waals surface area (Å²) in [5.41, 5.74) is 0. The van der Waals surface area contributed by atoms with Crippen LogP contribution < -0.4 is 0 Å². The van der Waals surface area contributed by atoms with Gasteiger partial charge in [0, 0.05) is 6.42 Å². The van der Waals surface area contributed by atoms with Crippen LogP contribution in [0.15, 0.2) is 0 Å². The smallest absolute Gasteiger partial charge is 0.305 e. The maximum absolute atomic E-state index is 10.9. The number of hydrogen-bond acceptors (Lipinski definition) is 5. The molecule has 5 heteroatoms. The second-order valence-corrected chi connectivity index (χ2v) is 2.79. The molecule has 0 amide bonds. The molecule has 1 aliphatic heterocycles. The minimum Gasteiger partial charge on any atom is -0.460 e. The van der Waals surface area contributed by atoms with Crippen LogP contribution in [-0.4, -0.2) is 36.9 Å². The topological polar surface area (TPSA) is 65.0 Å². The second-order valence-electron chi connectivity index (χ2n) is 2.79. The Morgan fingerprint density at radius 1 is 1.69 bits per heavy atom. The first-order valence-electron chi connectivity index (χ1n) is 4.33. The maximum atomic E-state index is 10.9. The van der Waals surface area contributed by atoms with E-state index in [0.717, 1.165) is 6.42 Å². The van der Waals surface area contributed by atoms with Crippen molar-refractivity contribution in [1.29, 1.82) is 0 Å². The summed E-state index contributed by atoms with van der Waals surface area (Å²) >= 11 is 0. The van der Waals surface area contributed by atoms with Gasteiger partial charge < -0.3 is 19.3 Å². The lowest BCUT2D eigenvalue weighted by Crippen LogP contribution is -2.20. The van der Waals surface area contributed by atoms with E-state index in [1.165, 1.54) is 0 Å².